The molecule has 6 nitrogen and oxygen atoms in total. The second-order valence-electron chi connectivity index (χ2n) is 5.62. The van der Waals surface area contributed by atoms with E-state index in [1.807, 2.05) is 0 Å². The van der Waals surface area contributed by atoms with Gasteiger partial charge in [-0.25, -0.2) is 4.79 Å². The molecular formula is C18H18ClN3O3. The Morgan fingerprint density at radius 1 is 1.12 bits per heavy atom. The number of rotatable bonds is 4. The van der Waals surface area contributed by atoms with Crippen molar-refractivity contribution in [2.45, 2.75) is 12.8 Å². The topological polar surface area (TPSA) is 70.7 Å². The second-order valence-corrected chi connectivity index (χ2v) is 6.06. The Balaban J connectivity index is 1.71. The highest BCUT2D eigenvalue weighted by atomic mass is 35.5. The number of ether oxygens (including phenoxy) is 1. The van der Waals surface area contributed by atoms with E-state index < -0.39 is 0 Å². The molecule has 2 aromatic carbocycles. The van der Waals surface area contributed by atoms with Crippen molar-refractivity contribution in [2.75, 3.05) is 29.2 Å². The van der Waals surface area contributed by atoms with Crippen LogP contribution in [0.5, 0.6) is 5.75 Å². The summed E-state index contributed by atoms with van der Waals surface area (Å²) in [6, 6.07) is 11.7. The summed E-state index contributed by atoms with van der Waals surface area (Å²) in [6.45, 7) is 0.680. The number of amides is 3. The van der Waals surface area contributed by atoms with Gasteiger partial charge in [-0.15, -0.1) is 0 Å². The molecule has 1 heterocycles. The number of nitrogens with one attached hydrogen (secondary N) is 2. The zero-order valence-corrected chi connectivity index (χ0v) is 14.5. The lowest BCUT2D eigenvalue weighted by Crippen LogP contribution is -2.24. The van der Waals surface area contributed by atoms with Crippen LogP contribution >= 0.6 is 11.6 Å². The monoisotopic (exact) mass is 359 g/mol. The summed E-state index contributed by atoms with van der Waals surface area (Å²) in [7, 11) is 1.54. The number of hydrogen-bond donors (Lipinski definition) is 2. The zero-order valence-electron chi connectivity index (χ0n) is 13.7. The number of urea groups is 1. The standard InChI is InChI=1S/C18H18ClN3O3/c1-25-16-11-14(8-9-15(16)22-10-2-3-17(22)23)21-18(24)20-13-6-4-12(19)5-7-13/h4-9,11H,2-3,10H2,1H3,(H2,20,21,24). The van der Waals surface area contributed by atoms with E-state index >= 15 is 0 Å². The molecule has 2 N–H and O–H groups in total. The second kappa shape index (κ2) is 7.44. The molecule has 0 radical (unpaired) electrons. The number of benzene rings is 2. The van der Waals surface area contributed by atoms with Crippen molar-refractivity contribution >= 4 is 40.6 Å². The maximum Gasteiger partial charge on any atom is 0.323 e. The maximum absolute atomic E-state index is 12.1. The van der Waals surface area contributed by atoms with Crippen LogP contribution in [0.15, 0.2) is 42.5 Å². The molecule has 2 aromatic rings. The van der Waals surface area contributed by atoms with Crippen molar-refractivity contribution < 1.29 is 14.3 Å². The number of methoxy groups -OCH3 is 1. The summed E-state index contributed by atoms with van der Waals surface area (Å²) in [4.78, 5) is 25.7. The first-order valence-corrected chi connectivity index (χ1v) is 8.26. The molecule has 3 rings (SSSR count). The van der Waals surface area contributed by atoms with Crippen LogP contribution in [-0.4, -0.2) is 25.6 Å². The first kappa shape index (κ1) is 17.1. The Bertz CT molecular complexity index is 793. The maximum atomic E-state index is 12.1. The Kier molecular flexibility index (Phi) is 5.09. The Labute approximate surface area is 150 Å². The van der Waals surface area contributed by atoms with Gasteiger partial charge in [0.25, 0.3) is 0 Å². The SMILES string of the molecule is COc1cc(NC(=O)Nc2ccc(Cl)cc2)ccc1N1CCCC1=O. The molecule has 0 saturated carbocycles. The lowest BCUT2D eigenvalue weighted by atomic mass is 10.2. The van der Waals surface area contributed by atoms with Gasteiger partial charge < -0.3 is 20.3 Å². The lowest BCUT2D eigenvalue weighted by molar-refractivity contribution is -0.117. The first-order valence-electron chi connectivity index (χ1n) is 7.89. The van der Waals surface area contributed by atoms with Crippen LogP contribution in [0.25, 0.3) is 0 Å². The average Bonchev–Trinajstić information content (AvgIpc) is 3.02. The number of carbonyl (C=O) groups excluding carboxylic acids is 2. The minimum absolute atomic E-state index is 0.0829. The van der Waals surface area contributed by atoms with E-state index in [-0.39, 0.29) is 11.9 Å². The zero-order chi connectivity index (χ0) is 17.8. The van der Waals surface area contributed by atoms with Gasteiger partial charge >= 0.3 is 6.03 Å². The van der Waals surface area contributed by atoms with E-state index in [0.29, 0.717) is 40.8 Å². The predicted octanol–water partition coefficient (Wildman–Crippen LogP) is 4.12. The Morgan fingerprint density at radius 3 is 2.44 bits per heavy atom. The molecule has 1 aliphatic rings. The Hall–Kier alpha value is -2.73. The van der Waals surface area contributed by atoms with E-state index in [2.05, 4.69) is 10.6 Å². The molecule has 0 aromatic heterocycles. The van der Waals surface area contributed by atoms with E-state index in [9.17, 15) is 9.59 Å². The summed E-state index contributed by atoms with van der Waals surface area (Å²) in [5.41, 5.74) is 1.92. The molecule has 1 aliphatic heterocycles. The molecule has 0 spiro atoms. The van der Waals surface area contributed by atoms with E-state index in [4.69, 9.17) is 16.3 Å². The summed E-state index contributed by atoms with van der Waals surface area (Å²) in [5, 5.41) is 6.06. The highest BCUT2D eigenvalue weighted by Crippen LogP contribution is 2.33. The molecule has 130 valence electrons. The molecule has 1 fully saturated rings. The van der Waals surface area contributed by atoms with E-state index in [1.54, 1.807) is 47.4 Å². The van der Waals surface area contributed by atoms with E-state index in [1.165, 1.54) is 7.11 Å². The minimum atomic E-state index is -0.380. The fourth-order valence-electron chi connectivity index (χ4n) is 2.71. The van der Waals surface area contributed by atoms with Gasteiger partial charge in [0.1, 0.15) is 5.75 Å². The van der Waals surface area contributed by atoms with Gasteiger partial charge in [0.15, 0.2) is 0 Å². The highest BCUT2D eigenvalue weighted by Gasteiger charge is 2.24. The van der Waals surface area contributed by atoms with Gasteiger partial charge in [0, 0.05) is 35.4 Å². The number of hydrogen-bond acceptors (Lipinski definition) is 3. The molecule has 1 saturated heterocycles. The van der Waals surface area contributed by atoms with E-state index in [0.717, 1.165) is 6.42 Å². The van der Waals surface area contributed by atoms with Crippen molar-refractivity contribution in [3.05, 3.63) is 47.5 Å². The fraction of sp³-hybridized carbons (Fsp3) is 0.222. The third-order valence-electron chi connectivity index (χ3n) is 3.90. The minimum Gasteiger partial charge on any atom is -0.494 e. The van der Waals surface area contributed by atoms with Crippen LogP contribution in [0.1, 0.15) is 12.8 Å². The van der Waals surface area contributed by atoms with Crippen LogP contribution in [0, 0.1) is 0 Å². The van der Waals surface area contributed by atoms with Crippen LogP contribution < -0.4 is 20.3 Å². The van der Waals surface area contributed by atoms with Crippen molar-refractivity contribution in [1.29, 1.82) is 0 Å². The fourth-order valence-corrected chi connectivity index (χ4v) is 2.83. The Morgan fingerprint density at radius 2 is 1.80 bits per heavy atom. The van der Waals surface area contributed by atoms with Crippen molar-refractivity contribution in [1.82, 2.24) is 0 Å². The molecule has 0 aliphatic carbocycles. The summed E-state index contributed by atoms with van der Waals surface area (Å²) in [5.74, 6) is 0.624. The normalized spacial score (nSPS) is 13.7. The summed E-state index contributed by atoms with van der Waals surface area (Å²) in [6.07, 6.45) is 1.39. The van der Waals surface area contributed by atoms with Gasteiger partial charge in [0.2, 0.25) is 5.91 Å². The third kappa shape index (κ3) is 4.03. The first-order chi connectivity index (χ1) is 12.1. The van der Waals surface area contributed by atoms with Crippen LogP contribution in [0.2, 0.25) is 5.02 Å². The van der Waals surface area contributed by atoms with Gasteiger partial charge in [0.05, 0.1) is 12.8 Å². The molecule has 0 unspecified atom stereocenters. The van der Waals surface area contributed by atoms with Crippen LogP contribution in [0.3, 0.4) is 0 Å². The summed E-state index contributed by atoms with van der Waals surface area (Å²) < 4.78 is 5.38. The van der Waals surface area contributed by atoms with Crippen molar-refractivity contribution in [3.8, 4) is 5.75 Å². The predicted molar refractivity (Wildman–Crippen MR) is 98.7 cm³/mol. The quantitative estimate of drug-likeness (QED) is 0.862. The van der Waals surface area contributed by atoms with Crippen molar-refractivity contribution in [2.24, 2.45) is 0 Å². The van der Waals surface area contributed by atoms with Crippen molar-refractivity contribution in [3.63, 3.8) is 0 Å². The average molecular weight is 360 g/mol. The molecule has 0 atom stereocenters. The van der Waals surface area contributed by atoms with Crippen LogP contribution in [-0.2, 0) is 4.79 Å². The summed E-state index contributed by atoms with van der Waals surface area (Å²) >= 11 is 5.82. The van der Waals surface area contributed by atoms with Gasteiger partial charge in [-0.2, -0.15) is 0 Å². The van der Waals surface area contributed by atoms with Gasteiger partial charge in [-0.3, -0.25) is 4.79 Å². The van der Waals surface area contributed by atoms with Crippen LogP contribution in [0.4, 0.5) is 21.9 Å². The number of halogens is 1. The highest BCUT2D eigenvalue weighted by molar-refractivity contribution is 6.30. The molecule has 25 heavy (non-hydrogen) atoms. The third-order valence-corrected chi connectivity index (χ3v) is 4.16. The largest absolute Gasteiger partial charge is 0.494 e. The molecule has 0 bridgehead atoms. The molecular weight excluding hydrogens is 342 g/mol. The number of carbonyl (C=O) groups is 2. The molecule has 7 heteroatoms. The van der Waals surface area contributed by atoms with Gasteiger partial charge in [-0.05, 0) is 42.8 Å². The number of anilines is 3. The smallest absolute Gasteiger partial charge is 0.323 e. The molecule has 3 amide bonds. The lowest BCUT2D eigenvalue weighted by Gasteiger charge is -2.19. The van der Waals surface area contributed by atoms with Gasteiger partial charge in [-0.1, -0.05) is 11.6 Å². The number of nitrogens with zero attached hydrogens (tertiary/aromatic N) is 1.